The lowest BCUT2D eigenvalue weighted by Crippen LogP contribution is -2.29. The fourth-order valence-corrected chi connectivity index (χ4v) is 3.06. The summed E-state index contributed by atoms with van der Waals surface area (Å²) < 4.78 is 0. The number of carbonyl (C=O) groups excluding carboxylic acids is 4. The van der Waals surface area contributed by atoms with Gasteiger partial charge in [0.05, 0.1) is 11.4 Å². The van der Waals surface area contributed by atoms with E-state index < -0.39 is 35.1 Å². The zero-order valence-electron chi connectivity index (χ0n) is 14.2. The van der Waals surface area contributed by atoms with Crippen LogP contribution in [0.1, 0.15) is 0 Å². The molecule has 8 nitrogen and oxygen atoms in total. The Bertz CT molecular complexity index is 1080. The molecule has 8 heteroatoms. The van der Waals surface area contributed by atoms with Crippen LogP contribution in [-0.2, 0) is 19.2 Å². The number of hydrogen-bond donors (Lipinski definition) is 2. The Kier molecular flexibility index (Phi) is 3.82. The summed E-state index contributed by atoms with van der Waals surface area (Å²) in [4.78, 5) is 48.8. The summed E-state index contributed by atoms with van der Waals surface area (Å²) >= 11 is 0. The molecular weight excluding hydrogens is 364 g/mol. The van der Waals surface area contributed by atoms with Crippen LogP contribution in [0, 0.1) is 0 Å². The first-order valence-corrected chi connectivity index (χ1v) is 8.16. The fourth-order valence-electron chi connectivity index (χ4n) is 3.06. The van der Waals surface area contributed by atoms with Crippen LogP contribution in [0.3, 0.4) is 0 Å². The van der Waals surface area contributed by atoms with Gasteiger partial charge in [-0.25, -0.2) is 9.80 Å². The molecule has 0 aromatic heterocycles. The van der Waals surface area contributed by atoms with Crippen molar-refractivity contribution in [2.75, 3.05) is 9.80 Å². The molecule has 2 N–H and O–H groups in total. The summed E-state index contributed by atoms with van der Waals surface area (Å²) in [6, 6.07) is 8.98. The number of amides is 4. The van der Waals surface area contributed by atoms with Crippen LogP contribution in [0.5, 0.6) is 11.5 Å². The number of anilines is 2. The molecule has 2 aliphatic heterocycles. The molecule has 2 heterocycles. The van der Waals surface area contributed by atoms with E-state index in [2.05, 4.69) is 0 Å². The third-order valence-corrected chi connectivity index (χ3v) is 4.43. The third-order valence-electron chi connectivity index (χ3n) is 4.43. The van der Waals surface area contributed by atoms with Crippen LogP contribution in [0.25, 0.3) is 11.1 Å². The van der Waals surface area contributed by atoms with Gasteiger partial charge in [-0.05, 0) is 29.8 Å². The van der Waals surface area contributed by atoms with Gasteiger partial charge < -0.3 is 10.2 Å². The molecule has 0 saturated heterocycles. The van der Waals surface area contributed by atoms with Crippen molar-refractivity contribution >= 4 is 35.0 Å². The average molecular weight is 376 g/mol. The van der Waals surface area contributed by atoms with Gasteiger partial charge in [-0.15, -0.1) is 0 Å². The Morgan fingerprint density at radius 3 is 1.61 bits per heavy atom. The first kappa shape index (κ1) is 17.2. The first-order valence-electron chi connectivity index (χ1n) is 8.16. The summed E-state index contributed by atoms with van der Waals surface area (Å²) in [5.41, 5.74) is 0.977. The van der Waals surface area contributed by atoms with E-state index in [-0.39, 0.29) is 11.3 Å². The average Bonchev–Trinajstić information content (AvgIpc) is 3.19. The highest BCUT2D eigenvalue weighted by Gasteiger charge is 2.29. The quantitative estimate of drug-likeness (QED) is 0.621. The molecule has 28 heavy (non-hydrogen) atoms. The van der Waals surface area contributed by atoms with E-state index in [0.717, 1.165) is 22.0 Å². The third kappa shape index (κ3) is 2.55. The molecule has 2 aliphatic rings. The molecule has 4 rings (SSSR count). The fraction of sp³-hybridized carbons (Fsp3) is 0. The monoisotopic (exact) mass is 376 g/mol. The van der Waals surface area contributed by atoms with Gasteiger partial charge in [0.2, 0.25) is 0 Å². The molecule has 0 unspecified atom stereocenters. The van der Waals surface area contributed by atoms with E-state index in [1.54, 1.807) is 12.1 Å². The van der Waals surface area contributed by atoms with E-state index in [4.69, 9.17) is 0 Å². The van der Waals surface area contributed by atoms with E-state index in [0.29, 0.717) is 11.3 Å². The number of imide groups is 2. The topological polar surface area (TPSA) is 115 Å². The molecule has 0 aliphatic carbocycles. The molecule has 0 saturated carbocycles. The van der Waals surface area contributed by atoms with E-state index in [1.165, 1.54) is 36.4 Å². The van der Waals surface area contributed by atoms with Crippen LogP contribution in [-0.4, -0.2) is 33.8 Å². The van der Waals surface area contributed by atoms with Crippen LogP contribution in [0.15, 0.2) is 60.7 Å². The molecule has 0 spiro atoms. The predicted molar refractivity (Wildman–Crippen MR) is 98.5 cm³/mol. The van der Waals surface area contributed by atoms with Gasteiger partial charge in [-0.2, -0.15) is 0 Å². The number of benzene rings is 2. The number of hydrogen-bond acceptors (Lipinski definition) is 6. The van der Waals surface area contributed by atoms with Crippen LogP contribution >= 0.6 is 0 Å². The molecule has 0 radical (unpaired) electrons. The number of phenols is 2. The molecule has 4 amide bonds. The van der Waals surface area contributed by atoms with E-state index in [1.807, 2.05) is 0 Å². The summed E-state index contributed by atoms with van der Waals surface area (Å²) in [7, 11) is 0. The Labute approximate surface area is 158 Å². The number of aromatic hydroxyl groups is 2. The van der Waals surface area contributed by atoms with Crippen LogP contribution in [0.2, 0.25) is 0 Å². The van der Waals surface area contributed by atoms with Gasteiger partial charge in [0, 0.05) is 29.9 Å². The number of rotatable bonds is 3. The Hall–Kier alpha value is -4.20. The second-order valence-electron chi connectivity index (χ2n) is 6.07. The van der Waals surface area contributed by atoms with Crippen molar-refractivity contribution in [3.05, 3.63) is 60.7 Å². The molecule has 0 atom stereocenters. The highest BCUT2D eigenvalue weighted by molar-refractivity contribution is 6.29. The van der Waals surface area contributed by atoms with Gasteiger partial charge in [-0.1, -0.05) is 12.1 Å². The molecular formula is C20H12N2O6. The normalized spacial score (nSPS) is 16.0. The van der Waals surface area contributed by atoms with Crippen molar-refractivity contribution in [1.29, 1.82) is 0 Å². The van der Waals surface area contributed by atoms with Crippen LogP contribution < -0.4 is 9.80 Å². The number of nitrogens with zero attached hydrogens (tertiary/aromatic N) is 2. The zero-order valence-corrected chi connectivity index (χ0v) is 14.2. The maximum atomic E-state index is 11.8. The summed E-state index contributed by atoms with van der Waals surface area (Å²) in [5.74, 6) is -3.25. The Morgan fingerprint density at radius 1 is 0.571 bits per heavy atom. The highest BCUT2D eigenvalue weighted by Crippen LogP contribution is 2.44. The van der Waals surface area contributed by atoms with Crippen molar-refractivity contribution in [3.63, 3.8) is 0 Å². The lowest BCUT2D eigenvalue weighted by atomic mass is 10.0. The summed E-state index contributed by atoms with van der Waals surface area (Å²) in [6.45, 7) is 0. The largest absolute Gasteiger partial charge is 0.504 e. The van der Waals surface area contributed by atoms with Crippen molar-refractivity contribution in [3.8, 4) is 22.6 Å². The molecule has 138 valence electrons. The van der Waals surface area contributed by atoms with E-state index >= 15 is 0 Å². The molecule has 0 bridgehead atoms. The standard InChI is InChI=1S/C20H12N2O6/c23-15-7-8-16(24)21(15)12-3-1-11(2-4-12)13-5-6-14(20(28)19(13)27)22-17(25)9-10-18(22)26/h1-10,27-28H. The van der Waals surface area contributed by atoms with Crippen molar-refractivity contribution in [2.45, 2.75) is 0 Å². The minimum atomic E-state index is -0.620. The molecule has 0 fully saturated rings. The van der Waals surface area contributed by atoms with Crippen molar-refractivity contribution in [2.24, 2.45) is 0 Å². The zero-order chi connectivity index (χ0) is 20.0. The van der Waals surface area contributed by atoms with Crippen LogP contribution in [0.4, 0.5) is 11.4 Å². The Balaban J connectivity index is 1.68. The number of phenolic OH excluding ortho intramolecular Hbond substituents is 2. The van der Waals surface area contributed by atoms with Gasteiger partial charge in [0.1, 0.15) is 0 Å². The lowest BCUT2D eigenvalue weighted by molar-refractivity contribution is -0.121. The minimum Gasteiger partial charge on any atom is -0.504 e. The lowest BCUT2D eigenvalue weighted by Gasteiger charge is -2.18. The van der Waals surface area contributed by atoms with E-state index in [9.17, 15) is 29.4 Å². The maximum absolute atomic E-state index is 11.8. The van der Waals surface area contributed by atoms with Gasteiger partial charge in [0.15, 0.2) is 11.5 Å². The molecule has 2 aromatic carbocycles. The maximum Gasteiger partial charge on any atom is 0.258 e. The van der Waals surface area contributed by atoms with Gasteiger partial charge >= 0.3 is 0 Å². The summed E-state index contributed by atoms with van der Waals surface area (Å²) in [5, 5.41) is 20.7. The minimum absolute atomic E-state index is 0.128. The SMILES string of the molecule is O=C1C=CC(=O)N1c1ccc(-c2ccc(N3C(=O)C=CC3=O)c(O)c2O)cc1. The summed E-state index contributed by atoms with van der Waals surface area (Å²) in [6.07, 6.45) is 4.49. The van der Waals surface area contributed by atoms with Gasteiger partial charge in [-0.3, -0.25) is 19.2 Å². The highest BCUT2D eigenvalue weighted by atomic mass is 16.3. The predicted octanol–water partition coefficient (Wildman–Crippen LogP) is 1.62. The number of carbonyl (C=O) groups is 4. The van der Waals surface area contributed by atoms with Crippen molar-refractivity contribution < 1.29 is 29.4 Å². The molecule has 2 aromatic rings. The van der Waals surface area contributed by atoms with Gasteiger partial charge in [0.25, 0.3) is 23.6 Å². The van der Waals surface area contributed by atoms with Crippen molar-refractivity contribution in [1.82, 2.24) is 0 Å². The smallest absolute Gasteiger partial charge is 0.258 e. The Morgan fingerprint density at radius 2 is 1.07 bits per heavy atom. The second kappa shape index (κ2) is 6.20. The first-order chi connectivity index (χ1) is 13.4. The second-order valence-corrected chi connectivity index (χ2v) is 6.07.